The number of benzene rings is 2. The SMILES string of the molecule is CC12C(c3ccccc3)=C(c3ccccc3)C(C)(C1O)C1(Br)C(=O)C=C(Br)C(=O)C21. The largest absolute Gasteiger partial charge is 0.391 e. The predicted octanol–water partition coefficient (Wildman–Crippen LogP) is 5.18. The lowest BCUT2D eigenvalue weighted by Crippen LogP contribution is -2.56. The summed E-state index contributed by atoms with van der Waals surface area (Å²) in [5, 5.41) is 11.8. The highest BCUT2D eigenvalue weighted by Gasteiger charge is 2.81. The molecular weight excluding hydrogens is 508 g/mol. The molecule has 0 amide bonds. The van der Waals surface area contributed by atoms with Crippen LogP contribution in [0, 0.1) is 16.7 Å². The minimum Gasteiger partial charge on any atom is -0.391 e. The van der Waals surface area contributed by atoms with E-state index in [1.54, 1.807) is 0 Å². The van der Waals surface area contributed by atoms with Gasteiger partial charge in [0.25, 0.3) is 0 Å². The average Bonchev–Trinajstić information content (AvgIpc) is 3.01. The van der Waals surface area contributed by atoms with Gasteiger partial charge in [0, 0.05) is 16.9 Å². The minimum absolute atomic E-state index is 0.155. The Balaban J connectivity index is 1.93. The van der Waals surface area contributed by atoms with Gasteiger partial charge < -0.3 is 5.11 Å². The lowest BCUT2D eigenvalue weighted by molar-refractivity contribution is -0.129. The molecule has 0 heterocycles. The number of halogens is 2. The molecule has 1 saturated carbocycles. The molecule has 2 aromatic carbocycles. The Morgan fingerprint density at radius 1 is 0.867 bits per heavy atom. The summed E-state index contributed by atoms with van der Waals surface area (Å²) in [7, 11) is 0. The number of hydrogen-bond acceptors (Lipinski definition) is 3. The first-order chi connectivity index (χ1) is 14.2. The van der Waals surface area contributed by atoms with E-state index in [-0.39, 0.29) is 16.0 Å². The summed E-state index contributed by atoms with van der Waals surface area (Å²) >= 11 is 7.05. The van der Waals surface area contributed by atoms with Gasteiger partial charge in [-0.2, -0.15) is 0 Å². The van der Waals surface area contributed by atoms with E-state index in [0.29, 0.717) is 0 Å². The monoisotopic (exact) mass is 526 g/mol. The summed E-state index contributed by atoms with van der Waals surface area (Å²) in [6, 6.07) is 19.8. The summed E-state index contributed by atoms with van der Waals surface area (Å²) in [6.07, 6.45) is 0.444. The molecule has 30 heavy (non-hydrogen) atoms. The van der Waals surface area contributed by atoms with Gasteiger partial charge in [0.2, 0.25) is 0 Å². The van der Waals surface area contributed by atoms with Gasteiger partial charge in [0.15, 0.2) is 11.6 Å². The van der Waals surface area contributed by atoms with Crippen LogP contribution < -0.4 is 0 Å². The van der Waals surface area contributed by atoms with Crippen LogP contribution in [-0.4, -0.2) is 27.1 Å². The number of aliphatic hydroxyl groups excluding tert-OH is 1. The Kier molecular flexibility index (Phi) is 4.25. The number of aliphatic hydroxyl groups is 1. The van der Waals surface area contributed by atoms with E-state index < -0.39 is 27.2 Å². The van der Waals surface area contributed by atoms with Crippen molar-refractivity contribution in [3.8, 4) is 0 Å². The number of carbonyl (C=O) groups is 2. The van der Waals surface area contributed by atoms with E-state index in [2.05, 4.69) is 31.9 Å². The summed E-state index contributed by atoms with van der Waals surface area (Å²) in [6.45, 7) is 3.85. The number of hydrogen-bond donors (Lipinski definition) is 1. The van der Waals surface area contributed by atoms with Crippen LogP contribution >= 0.6 is 31.9 Å². The lowest BCUT2D eigenvalue weighted by Gasteiger charge is -2.48. The van der Waals surface area contributed by atoms with E-state index in [1.165, 1.54) is 6.08 Å². The van der Waals surface area contributed by atoms with Gasteiger partial charge in [-0.3, -0.25) is 9.59 Å². The summed E-state index contributed by atoms with van der Waals surface area (Å²) in [4.78, 5) is 26.8. The van der Waals surface area contributed by atoms with Crippen LogP contribution in [0.15, 0.2) is 71.2 Å². The highest BCUT2D eigenvalue weighted by atomic mass is 79.9. The molecule has 3 nitrogen and oxygen atoms in total. The molecule has 152 valence electrons. The van der Waals surface area contributed by atoms with Crippen molar-refractivity contribution in [2.75, 3.05) is 0 Å². The fraction of sp³-hybridized carbons (Fsp3) is 0.280. The zero-order valence-electron chi connectivity index (χ0n) is 16.5. The minimum atomic E-state index is -1.22. The third kappa shape index (κ3) is 2.09. The van der Waals surface area contributed by atoms with Crippen molar-refractivity contribution >= 4 is 54.6 Å². The Morgan fingerprint density at radius 2 is 1.37 bits per heavy atom. The number of ketones is 2. The molecule has 5 rings (SSSR count). The third-order valence-corrected chi connectivity index (χ3v) is 9.71. The van der Waals surface area contributed by atoms with E-state index >= 15 is 0 Å². The van der Waals surface area contributed by atoms with Crippen molar-refractivity contribution in [1.82, 2.24) is 0 Å². The summed E-state index contributed by atoms with van der Waals surface area (Å²) in [5.41, 5.74) is 1.84. The molecule has 0 aromatic heterocycles. The Labute approximate surface area is 192 Å². The van der Waals surface area contributed by atoms with E-state index in [4.69, 9.17) is 0 Å². The average molecular weight is 528 g/mol. The first-order valence-corrected chi connectivity index (χ1v) is 11.5. The quantitative estimate of drug-likeness (QED) is 0.547. The van der Waals surface area contributed by atoms with E-state index in [9.17, 15) is 14.7 Å². The molecule has 3 aliphatic rings. The van der Waals surface area contributed by atoms with Crippen LogP contribution in [0.1, 0.15) is 25.0 Å². The highest BCUT2D eigenvalue weighted by molar-refractivity contribution is 9.12. The highest BCUT2D eigenvalue weighted by Crippen LogP contribution is 2.78. The molecule has 3 aliphatic carbocycles. The van der Waals surface area contributed by atoms with E-state index in [1.807, 2.05) is 74.5 Å². The first kappa shape index (κ1) is 20.1. The molecule has 0 saturated heterocycles. The molecule has 0 aliphatic heterocycles. The van der Waals surface area contributed by atoms with Crippen LogP contribution in [0.4, 0.5) is 0 Å². The molecule has 5 unspecified atom stereocenters. The maximum Gasteiger partial charge on any atom is 0.175 e. The first-order valence-electron chi connectivity index (χ1n) is 9.89. The Morgan fingerprint density at radius 3 is 1.90 bits per heavy atom. The second kappa shape index (κ2) is 6.35. The maximum atomic E-state index is 13.4. The molecule has 5 heteroatoms. The van der Waals surface area contributed by atoms with Gasteiger partial charge in [0.1, 0.15) is 4.32 Å². The van der Waals surface area contributed by atoms with E-state index in [0.717, 1.165) is 22.3 Å². The normalized spacial score (nSPS) is 37.4. The fourth-order valence-corrected chi connectivity index (χ4v) is 7.84. The molecule has 0 spiro atoms. The van der Waals surface area contributed by atoms with Crippen LogP contribution in [0.25, 0.3) is 11.1 Å². The van der Waals surface area contributed by atoms with Crippen molar-refractivity contribution < 1.29 is 14.7 Å². The maximum absolute atomic E-state index is 13.4. The van der Waals surface area contributed by atoms with Crippen LogP contribution in [-0.2, 0) is 9.59 Å². The van der Waals surface area contributed by atoms with Crippen LogP contribution in [0.3, 0.4) is 0 Å². The van der Waals surface area contributed by atoms with Gasteiger partial charge >= 0.3 is 0 Å². The topological polar surface area (TPSA) is 54.4 Å². The number of allylic oxidation sites excluding steroid dienone is 2. The molecule has 5 atom stereocenters. The van der Waals surface area contributed by atoms with Gasteiger partial charge in [-0.15, -0.1) is 0 Å². The van der Waals surface area contributed by atoms with Crippen molar-refractivity contribution in [1.29, 1.82) is 0 Å². The molecule has 1 N–H and O–H groups in total. The van der Waals surface area contributed by atoms with Gasteiger partial charge in [-0.1, -0.05) is 90.4 Å². The van der Waals surface area contributed by atoms with Crippen molar-refractivity contribution in [2.45, 2.75) is 24.3 Å². The molecule has 0 radical (unpaired) electrons. The lowest BCUT2D eigenvalue weighted by atomic mass is 9.58. The van der Waals surface area contributed by atoms with Crippen molar-refractivity contribution in [3.63, 3.8) is 0 Å². The number of carbonyl (C=O) groups excluding carboxylic acids is 2. The standard InChI is InChI=1S/C25H20Br2O3/c1-23-18(14-9-5-3-6-10-14)19(15-11-7-4-8-12-15)24(2,22(23)30)25(27)17(28)13-16(26)20(29)21(23)25/h3-13,21-22,30H,1-2H3. The number of Topliss-reactive ketones (excluding diaryl/α,β-unsaturated/α-hetero) is 1. The Hall–Kier alpha value is -1.82. The van der Waals surface area contributed by atoms with Crippen LogP contribution in [0.2, 0.25) is 0 Å². The van der Waals surface area contributed by atoms with Gasteiger partial charge in [-0.05, 0) is 38.2 Å². The zero-order chi connectivity index (χ0) is 21.5. The Bertz CT molecular complexity index is 1150. The van der Waals surface area contributed by atoms with Crippen LogP contribution in [0.5, 0.6) is 0 Å². The van der Waals surface area contributed by atoms with Gasteiger partial charge in [-0.25, -0.2) is 0 Å². The summed E-state index contributed by atoms with van der Waals surface area (Å²) in [5.74, 6) is -1.07. The van der Waals surface area contributed by atoms with Gasteiger partial charge in [0.05, 0.1) is 16.5 Å². The zero-order valence-corrected chi connectivity index (χ0v) is 19.7. The van der Waals surface area contributed by atoms with Crippen molar-refractivity contribution in [3.05, 3.63) is 82.3 Å². The number of alkyl halides is 1. The molecular formula is C25H20Br2O3. The molecule has 1 fully saturated rings. The second-order valence-electron chi connectivity index (χ2n) is 8.74. The number of rotatable bonds is 2. The smallest absolute Gasteiger partial charge is 0.175 e. The molecule has 2 aromatic rings. The van der Waals surface area contributed by atoms with Crippen molar-refractivity contribution in [2.24, 2.45) is 16.7 Å². The second-order valence-corrected chi connectivity index (χ2v) is 10.8. The predicted molar refractivity (Wildman–Crippen MR) is 124 cm³/mol. The molecule has 2 bridgehead atoms. The number of fused-ring (bicyclic) bond motifs is 5. The summed E-state index contributed by atoms with van der Waals surface area (Å²) < 4.78 is -0.947. The fourth-order valence-electron chi connectivity index (χ4n) is 6.19. The third-order valence-electron chi connectivity index (χ3n) is 7.42.